The minimum atomic E-state index is -2.12. The zero-order valence-electron chi connectivity index (χ0n) is 20.8. The molecule has 3 aliphatic rings. The van der Waals surface area contributed by atoms with Gasteiger partial charge in [-0.05, 0) is 70.8 Å². The monoisotopic (exact) mass is 483 g/mol. The van der Waals surface area contributed by atoms with Crippen LogP contribution in [0.25, 0.3) is 0 Å². The summed E-state index contributed by atoms with van der Waals surface area (Å²) in [5, 5.41) is -0.279. The predicted octanol–water partition coefficient (Wildman–Crippen LogP) is 4.46. The van der Waals surface area contributed by atoms with Gasteiger partial charge in [0.2, 0.25) is 0 Å². The van der Waals surface area contributed by atoms with E-state index in [-0.39, 0.29) is 15.3 Å². The largest absolute Gasteiger partial charge is 0.382 e. The number of hydrogen-bond acceptors (Lipinski definition) is 4. The van der Waals surface area contributed by atoms with E-state index in [9.17, 15) is 0 Å². The first-order chi connectivity index (χ1) is 14.8. The Bertz CT molecular complexity index is 583. The van der Waals surface area contributed by atoms with E-state index in [0.717, 1.165) is 45.6 Å². The molecule has 0 aromatic heterocycles. The minimum Gasteiger partial charge on any atom is -0.382 e. The Labute approximate surface area is 195 Å². The van der Waals surface area contributed by atoms with E-state index >= 15 is 0 Å². The van der Waals surface area contributed by atoms with Gasteiger partial charge in [-0.2, -0.15) is 0 Å². The third kappa shape index (κ3) is 4.26. The normalized spacial score (nSPS) is 37.2. The molecule has 0 amide bonds. The van der Waals surface area contributed by atoms with E-state index in [2.05, 4.69) is 38.5 Å². The molecule has 31 heavy (non-hydrogen) atoms. The van der Waals surface area contributed by atoms with Crippen LogP contribution in [0.4, 0.5) is 0 Å². The summed E-state index contributed by atoms with van der Waals surface area (Å²) < 4.78 is 21.2. The summed E-state index contributed by atoms with van der Waals surface area (Å²) in [5.74, 6) is 0. The van der Waals surface area contributed by atoms with Crippen LogP contribution in [-0.4, -0.2) is 67.3 Å². The highest BCUT2D eigenvalue weighted by Gasteiger charge is 2.71. The highest BCUT2D eigenvalue weighted by molar-refractivity contribution is 6.95. The van der Waals surface area contributed by atoms with Crippen molar-refractivity contribution in [2.24, 2.45) is 5.73 Å². The molecule has 3 heterocycles. The highest BCUT2D eigenvalue weighted by atomic mass is 28.4. The molecule has 2 N–H and O–H groups in total. The Morgan fingerprint density at radius 2 is 1.52 bits per heavy atom. The fraction of sp³-hybridized carbons (Fsp3) is 0.917. The second kappa shape index (κ2) is 10.7. The molecule has 0 bridgehead atoms. The Hall–Kier alpha value is 0.231. The molecular weight excluding hydrogens is 435 g/mol. The van der Waals surface area contributed by atoms with Crippen molar-refractivity contribution >= 4 is 25.7 Å². The van der Waals surface area contributed by atoms with Crippen LogP contribution in [0, 0.1) is 0 Å². The van der Waals surface area contributed by atoms with Crippen LogP contribution in [0.3, 0.4) is 0 Å². The summed E-state index contributed by atoms with van der Waals surface area (Å²) in [4.78, 5) is 0.0703. The molecule has 3 aliphatic heterocycles. The molecule has 0 spiro atoms. The molecule has 3 rings (SSSR count). The predicted molar refractivity (Wildman–Crippen MR) is 140 cm³/mol. The minimum absolute atomic E-state index is 0.0703. The molecule has 4 nitrogen and oxygen atoms in total. The summed E-state index contributed by atoms with van der Waals surface area (Å²) in [6.45, 7) is 18.1. The average Bonchev–Trinajstić information content (AvgIpc) is 2.82. The van der Waals surface area contributed by atoms with Gasteiger partial charge in [-0.3, -0.25) is 0 Å². The fourth-order valence-electron chi connectivity index (χ4n) is 7.51. The summed E-state index contributed by atoms with van der Waals surface area (Å²) >= 11 is 0. The van der Waals surface area contributed by atoms with E-state index in [1.165, 1.54) is 51.0 Å². The van der Waals surface area contributed by atoms with Crippen LogP contribution in [0.2, 0.25) is 32.2 Å². The van der Waals surface area contributed by atoms with E-state index < -0.39 is 25.7 Å². The molecule has 3 fully saturated rings. The Kier molecular flexibility index (Phi) is 8.89. The van der Waals surface area contributed by atoms with Crippen LogP contribution in [0.1, 0.15) is 64.2 Å². The topological polar surface area (TPSA) is 53.7 Å². The van der Waals surface area contributed by atoms with Gasteiger partial charge in [0.1, 0.15) is 8.07 Å². The molecule has 3 saturated heterocycles. The average molecular weight is 484 g/mol. The maximum absolute atomic E-state index is 7.17. The summed E-state index contributed by atoms with van der Waals surface area (Å²) in [6.07, 6.45) is 12.1. The third-order valence-corrected chi connectivity index (χ3v) is 25.1. The molecule has 5 unspecified atom stereocenters. The number of ether oxygens (including phenoxy) is 3. The molecule has 0 radical (unpaired) electrons. The summed E-state index contributed by atoms with van der Waals surface area (Å²) in [7, 11) is -4.69. The lowest BCUT2D eigenvalue weighted by molar-refractivity contribution is -0.171. The van der Waals surface area contributed by atoms with Crippen LogP contribution in [-0.2, 0) is 14.2 Å². The zero-order valence-corrected chi connectivity index (χ0v) is 24.2. The SMILES string of the molecule is C=C[SiH](C)C1(C2([Si](C)(C)C3([SiH](C)CCCN)CCCCO3)CCCCO2)CCCCO1. The van der Waals surface area contributed by atoms with Crippen molar-refractivity contribution in [3.63, 3.8) is 0 Å². The van der Waals surface area contributed by atoms with Crippen molar-refractivity contribution < 1.29 is 14.2 Å². The van der Waals surface area contributed by atoms with Crippen LogP contribution in [0.5, 0.6) is 0 Å². The van der Waals surface area contributed by atoms with Crippen molar-refractivity contribution in [2.75, 3.05) is 26.4 Å². The first-order valence-corrected chi connectivity index (χ1v) is 21.0. The number of nitrogens with two attached hydrogens (primary N) is 1. The molecule has 0 aliphatic carbocycles. The first-order valence-electron chi connectivity index (χ1n) is 13.1. The molecule has 0 saturated carbocycles. The quantitative estimate of drug-likeness (QED) is 0.492. The van der Waals surface area contributed by atoms with E-state index in [1.807, 2.05) is 0 Å². The van der Waals surface area contributed by atoms with Gasteiger partial charge in [-0.15, -0.1) is 12.3 Å². The molecule has 5 atom stereocenters. The van der Waals surface area contributed by atoms with Crippen molar-refractivity contribution in [3.8, 4) is 0 Å². The molecule has 7 heteroatoms. The number of rotatable bonds is 9. The summed E-state index contributed by atoms with van der Waals surface area (Å²) in [5.41, 5.74) is 8.24. The van der Waals surface area contributed by atoms with Gasteiger partial charge in [0.15, 0.2) is 0 Å². The van der Waals surface area contributed by atoms with Gasteiger partial charge in [-0.25, -0.2) is 0 Å². The van der Waals surface area contributed by atoms with Crippen LogP contribution >= 0.6 is 0 Å². The van der Waals surface area contributed by atoms with Crippen molar-refractivity contribution in [3.05, 3.63) is 12.3 Å². The maximum Gasteiger partial charge on any atom is 0.121 e. The zero-order chi connectivity index (χ0) is 22.6. The molecule has 0 aromatic carbocycles. The van der Waals surface area contributed by atoms with Crippen LogP contribution in [0.15, 0.2) is 12.3 Å². The van der Waals surface area contributed by atoms with Gasteiger partial charge >= 0.3 is 0 Å². The van der Waals surface area contributed by atoms with Gasteiger partial charge in [0, 0.05) is 19.8 Å². The molecule has 180 valence electrons. The van der Waals surface area contributed by atoms with Gasteiger partial charge in [-0.1, -0.05) is 32.2 Å². The first kappa shape index (κ1) is 25.8. The van der Waals surface area contributed by atoms with Crippen molar-refractivity contribution in [1.29, 1.82) is 0 Å². The Morgan fingerprint density at radius 1 is 0.903 bits per heavy atom. The second-order valence-electron chi connectivity index (χ2n) is 11.0. The lowest BCUT2D eigenvalue weighted by Gasteiger charge is -2.66. The lowest BCUT2D eigenvalue weighted by Crippen LogP contribution is -2.84. The van der Waals surface area contributed by atoms with Gasteiger partial charge in [0.05, 0.1) is 32.9 Å². The Morgan fingerprint density at radius 3 is 2.00 bits per heavy atom. The summed E-state index contributed by atoms with van der Waals surface area (Å²) in [6, 6.07) is 1.28. The lowest BCUT2D eigenvalue weighted by atomic mass is 9.96. The Balaban J connectivity index is 2.15. The highest BCUT2D eigenvalue weighted by Crippen LogP contribution is 2.55. The van der Waals surface area contributed by atoms with Gasteiger partial charge in [0.25, 0.3) is 0 Å². The second-order valence-corrected chi connectivity index (χ2v) is 22.8. The van der Waals surface area contributed by atoms with E-state index in [4.69, 9.17) is 19.9 Å². The van der Waals surface area contributed by atoms with E-state index in [0.29, 0.717) is 0 Å². The van der Waals surface area contributed by atoms with Crippen molar-refractivity contribution in [2.45, 2.75) is 112 Å². The maximum atomic E-state index is 7.17. The van der Waals surface area contributed by atoms with E-state index in [1.54, 1.807) is 0 Å². The van der Waals surface area contributed by atoms with Crippen LogP contribution < -0.4 is 5.73 Å². The standard InChI is InChI=1S/C24H49NO3Si3/c1-6-29(2)22(14-7-10-18-26-22)23(15-8-11-19-27-23)31(4,5)24(16-9-12-20-28-24)30(3)21-13-17-25/h6,29-30H,1,7-21,25H2,2-5H3. The third-order valence-electron chi connectivity index (χ3n) is 9.35. The fourth-order valence-corrected chi connectivity index (χ4v) is 24.6. The van der Waals surface area contributed by atoms with Crippen molar-refractivity contribution in [1.82, 2.24) is 0 Å². The van der Waals surface area contributed by atoms with Gasteiger partial charge < -0.3 is 19.9 Å². The molecular formula is C24H49NO3Si3. The molecule has 0 aromatic rings. The number of hydrogen-bond donors (Lipinski definition) is 1. The smallest absolute Gasteiger partial charge is 0.121 e.